The minimum Gasteiger partial charge on any atom is -0.397 e. The van der Waals surface area contributed by atoms with Gasteiger partial charge in [0, 0.05) is 5.56 Å². The fourth-order valence-electron chi connectivity index (χ4n) is 1.86. The number of rotatable bonds is 2. The van der Waals surface area contributed by atoms with Crippen LogP contribution in [0.4, 0.5) is 0 Å². The van der Waals surface area contributed by atoms with Crippen molar-refractivity contribution >= 4 is 5.70 Å². The fourth-order valence-corrected chi connectivity index (χ4v) is 1.86. The van der Waals surface area contributed by atoms with Crippen molar-refractivity contribution in [2.45, 2.75) is 39.5 Å². The summed E-state index contributed by atoms with van der Waals surface area (Å²) in [7, 11) is 0. The van der Waals surface area contributed by atoms with Crippen LogP contribution in [0, 0.1) is 11.3 Å². The molecule has 2 N–H and O–H groups in total. The van der Waals surface area contributed by atoms with Crippen molar-refractivity contribution in [3.05, 3.63) is 41.0 Å². The van der Waals surface area contributed by atoms with Crippen LogP contribution in [0.2, 0.25) is 0 Å². The highest BCUT2D eigenvalue weighted by atomic mass is 14.6. The molecule has 0 saturated heterocycles. The maximum atomic E-state index is 9.06. The highest BCUT2D eigenvalue weighted by Gasteiger charge is 2.19. The molecule has 0 fully saturated rings. The van der Waals surface area contributed by atoms with Crippen LogP contribution in [-0.4, -0.2) is 0 Å². The van der Waals surface area contributed by atoms with E-state index in [0.29, 0.717) is 17.7 Å². The summed E-state index contributed by atoms with van der Waals surface area (Å²) in [4.78, 5) is 0. The van der Waals surface area contributed by atoms with Gasteiger partial charge < -0.3 is 5.73 Å². The van der Waals surface area contributed by atoms with Gasteiger partial charge in [-0.1, -0.05) is 52.0 Å². The molecule has 0 amide bonds. The van der Waals surface area contributed by atoms with E-state index >= 15 is 0 Å². The molecule has 1 rings (SSSR count). The van der Waals surface area contributed by atoms with Crippen molar-refractivity contribution in [2.24, 2.45) is 5.73 Å². The van der Waals surface area contributed by atoms with Crippen molar-refractivity contribution in [1.29, 1.82) is 5.26 Å². The molecular weight excluding hydrogens is 208 g/mol. The Bertz CT molecular complexity index is 470. The van der Waals surface area contributed by atoms with E-state index in [1.54, 1.807) is 0 Å². The summed E-state index contributed by atoms with van der Waals surface area (Å²) in [6.07, 6.45) is 0.667. The summed E-state index contributed by atoms with van der Waals surface area (Å²) >= 11 is 0. The fraction of sp³-hybridized carbons (Fsp3) is 0.400. The van der Waals surface area contributed by atoms with Gasteiger partial charge in [0.2, 0.25) is 0 Å². The normalized spacial score (nSPS) is 12.9. The van der Waals surface area contributed by atoms with E-state index in [4.69, 9.17) is 11.0 Å². The van der Waals surface area contributed by atoms with Gasteiger partial charge in [-0.3, -0.25) is 0 Å². The second-order valence-corrected chi connectivity index (χ2v) is 5.15. The lowest BCUT2D eigenvalue weighted by Crippen LogP contribution is -2.16. The predicted molar refractivity (Wildman–Crippen MR) is 72.2 cm³/mol. The molecule has 2 nitrogen and oxygen atoms in total. The van der Waals surface area contributed by atoms with Gasteiger partial charge in [-0.15, -0.1) is 0 Å². The highest BCUT2D eigenvalue weighted by molar-refractivity contribution is 5.72. The van der Waals surface area contributed by atoms with E-state index in [1.165, 1.54) is 5.56 Å². The molecule has 0 saturated carbocycles. The monoisotopic (exact) mass is 228 g/mol. The third-order valence-electron chi connectivity index (χ3n) is 2.84. The Labute approximate surface area is 104 Å². The molecule has 0 aliphatic carbocycles. The molecule has 0 aliphatic heterocycles. The Morgan fingerprint density at radius 1 is 1.29 bits per heavy atom. The van der Waals surface area contributed by atoms with Crippen LogP contribution in [0.3, 0.4) is 0 Å². The second-order valence-electron chi connectivity index (χ2n) is 5.15. The van der Waals surface area contributed by atoms with E-state index in [1.807, 2.05) is 25.1 Å². The first-order valence-electron chi connectivity index (χ1n) is 5.90. The van der Waals surface area contributed by atoms with Gasteiger partial charge >= 0.3 is 0 Å². The Morgan fingerprint density at radius 2 is 1.88 bits per heavy atom. The summed E-state index contributed by atoms with van der Waals surface area (Å²) in [5.41, 5.74) is 9.57. The van der Waals surface area contributed by atoms with Gasteiger partial charge in [0.05, 0.1) is 17.3 Å². The molecule has 0 spiro atoms. The number of benzene rings is 1. The highest BCUT2D eigenvalue weighted by Crippen LogP contribution is 2.29. The van der Waals surface area contributed by atoms with E-state index in [2.05, 4.69) is 32.9 Å². The van der Waals surface area contributed by atoms with Crippen LogP contribution in [0.5, 0.6) is 0 Å². The molecule has 0 heterocycles. The molecule has 0 aliphatic rings. The molecule has 0 unspecified atom stereocenters. The third kappa shape index (κ3) is 2.88. The number of nitriles is 1. The lowest BCUT2D eigenvalue weighted by atomic mass is 9.82. The number of hydrogen-bond acceptors (Lipinski definition) is 2. The van der Waals surface area contributed by atoms with Gasteiger partial charge in [0.25, 0.3) is 0 Å². The summed E-state index contributed by atoms with van der Waals surface area (Å²) in [5.74, 6) is 0. The zero-order valence-corrected chi connectivity index (χ0v) is 11.0. The molecule has 0 bridgehead atoms. The lowest BCUT2D eigenvalue weighted by molar-refractivity contribution is 0.588. The van der Waals surface area contributed by atoms with Gasteiger partial charge in [-0.25, -0.2) is 0 Å². The Balaban J connectivity index is 3.44. The van der Waals surface area contributed by atoms with Crippen molar-refractivity contribution in [3.8, 4) is 6.07 Å². The van der Waals surface area contributed by atoms with Crippen molar-refractivity contribution in [3.63, 3.8) is 0 Å². The number of nitrogens with two attached hydrogens (primary N) is 1. The first-order valence-corrected chi connectivity index (χ1v) is 5.90. The van der Waals surface area contributed by atoms with E-state index < -0.39 is 0 Å². The van der Waals surface area contributed by atoms with E-state index in [-0.39, 0.29) is 5.41 Å². The minimum absolute atomic E-state index is 0.0233. The maximum absolute atomic E-state index is 9.06. The summed E-state index contributed by atoms with van der Waals surface area (Å²) in [6, 6.07) is 10.2. The molecular formula is C15H20N2. The number of allylic oxidation sites excluding steroid dienone is 1. The van der Waals surface area contributed by atoms with Crippen LogP contribution < -0.4 is 5.73 Å². The zero-order chi connectivity index (χ0) is 13.1. The average molecular weight is 228 g/mol. The number of hydrogen-bond donors (Lipinski definition) is 1. The van der Waals surface area contributed by atoms with Crippen LogP contribution >= 0.6 is 0 Å². The van der Waals surface area contributed by atoms with Crippen molar-refractivity contribution in [2.75, 3.05) is 0 Å². The van der Waals surface area contributed by atoms with Crippen LogP contribution in [0.1, 0.15) is 45.2 Å². The molecule has 2 heteroatoms. The third-order valence-corrected chi connectivity index (χ3v) is 2.84. The van der Waals surface area contributed by atoms with Crippen LogP contribution in [0.25, 0.3) is 5.70 Å². The van der Waals surface area contributed by atoms with Crippen molar-refractivity contribution < 1.29 is 0 Å². The zero-order valence-electron chi connectivity index (χ0n) is 11.0. The molecule has 1 aromatic rings. The summed E-state index contributed by atoms with van der Waals surface area (Å²) < 4.78 is 0. The molecule has 0 atom stereocenters. The second kappa shape index (κ2) is 5.05. The first-order chi connectivity index (χ1) is 7.91. The lowest BCUT2D eigenvalue weighted by Gasteiger charge is -2.23. The standard InChI is InChI=1S/C15H20N2/c1-5-11(10-16)14(17)12-8-6-7-9-13(12)15(2,3)4/h6-9H,5,17H2,1-4H3/b14-11-. The average Bonchev–Trinajstić information content (AvgIpc) is 2.29. The van der Waals surface area contributed by atoms with Gasteiger partial charge in [-0.05, 0) is 17.4 Å². The Morgan fingerprint density at radius 3 is 2.35 bits per heavy atom. The number of nitrogens with zero attached hydrogens (tertiary/aromatic N) is 1. The van der Waals surface area contributed by atoms with Gasteiger partial charge in [0.15, 0.2) is 0 Å². The minimum atomic E-state index is 0.0233. The summed E-state index contributed by atoms with van der Waals surface area (Å²) in [5, 5.41) is 9.06. The quantitative estimate of drug-likeness (QED) is 0.786. The molecule has 0 radical (unpaired) electrons. The molecule has 17 heavy (non-hydrogen) atoms. The Kier molecular flexibility index (Phi) is 3.96. The van der Waals surface area contributed by atoms with Crippen LogP contribution in [-0.2, 0) is 5.41 Å². The maximum Gasteiger partial charge on any atom is 0.0968 e. The molecule has 0 aromatic heterocycles. The van der Waals surface area contributed by atoms with Gasteiger partial charge in [-0.2, -0.15) is 5.26 Å². The van der Waals surface area contributed by atoms with Gasteiger partial charge in [0.1, 0.15) is 0 Å². The Hall–Kier alpha value is -1.75. The first kappa shape index (κ1) is 13.3. The van der Waals surface area contributed by atoms with Crippen molar-refractivity contribution in [1.82, 2.24) is 0 Å². The molecule has 90 valence electrons. The van der Waals surface area contributed by atoms with Crippen LogP contribution in [0.15, 0.2) is 29.8 Å². The summed E-state index contributed by atoms with van der Waals surface area (Å²) in [6.45, 7) is 8.40. The van der Waals surface area contributed by atoms with E-state index in [0.717, 1.165) is 5.56 Å². The predicted octanol–water partition coefficient (Wildman–Crippen LogP) is 3.59. The SMILES string of the molecule is CC/C(C#N)=C(/N)c1ccccc1C(C)(C)C. The molecule has 1 aromatic carbocycles. The topological polar surface area (TPSA) is 49.8 Å². The van der Waals surface area contributed by atoms with E-state index in [9.17, 15) is 0 Å². The largest absolute Gasteiger partial charge is 0.397 e. The smallest absolute Gasteiger partial charge is 0.0968 e.